The quantitative estimate of drug-likeness (QED) is 0.202. The topological polar surface area (TPSA) is 43.4 Å². The summed E-state index contributed by atoms with van der Waals surface area (Å²) in [6, 6.07) is 6.27. The van der Waals surface area contributed by atoms with E-state index in [2.05, 4.69) is 15.9 Å². The van der Waals surface area contributed by atoms with E-state index in [4.69, 9.17) is 4.18 Å². The molecule has 196 valence electrons. The molecule has 2 saturated carbocycles. The third-order valence-electron chi connectivity index (χ3n) is 6.61. The Bertz CT molecular complexity index is 839. The SMILES string of the molecule is Cc1ccc(S(=O)(=O)OCC2CCC(C(F)(F)F)CC2)cc1.FC(F)(F)C1CCC(CBr)CC1. The number of rotatable bonds is 5. The molecule has 2 fully saturated rings. The number of alkyl halides is 7. The fourth-order valence-corrected chi connectivity index (χ4v) is 5.88. The molecule has 11 heteroatoms. The van der Waals surface area contributed by atoms with Crippen molar-refractivity contribution in [1.82, 2.24) is 0 Å². The molecule has 3 rings (SSSR count). The lowest BCUT2D eigenvalue weighted by Crippen LogP contribution is -2.29. The molecular formula is C23H31BrF6O3S. The van der Waals surface area contributed by atoms with E-state index in [9.17, 15) is 34.8 Å². The number of halogens is 7. The Balaban J connectivity index is 0.000000287. The summed E-state index contributed by atoms with van der Waals surface area (Å²) in [4.78, 5) is 0.0714. The van der Waals surface area contributed by atoms with Crippen LogP contribution < -0.4 is 0 Å². The van der Waals surface area contributed by atoms with Gasteiger partial charge in [0.2, 0.25) is 0 Å². The molecule has 0 bridgehead atoms. The van der Waals surface area contributed by atoms with Crippen LogP contribution in [0.1, 0.15) is 56.9 Å². The summed E-state index contributed by atoms with van der Waals surface area (Å²) >= 11 is 3.30. The van der Waals surface area contributed by atoms with Crippen molar-refractivity contribution >= 4 is 26.0 Å². The summed E-state index contributed by atoms with van der Waals surface area (Å²) in [7, 11) is -3.84. The summed E-state index contributed by atoms with van der Waals surface area (Å²) in [5.41, 5.74) is 0.935. The van der Waals surface area contributed by atoms with Gasteiger partial charge < -0.3 is 0 Å². The smallest absolute Gasteiger partial charge is 0.266 e. The maximum atomic E-state index is 12.6. The van der Waals surface area contributed by atoms with Crippen molar-refractivity contribution in [3.63, 3.8) is 0 Å². The van der Waals surface area contributed by atoms with Crippen LogP contribution in [-0.4, -0.2) is 32.7 Å². The molecule has 0 atom stereocenters. The van der Waals surface area contributed by atoms with Gasteiger partial charge >= 0.3 is 12.4 Å². The van der Waals surface area contributed by atoms with Gasteiger partial charge in [-0.15, -0.1) is 0 Å². The zero-order chi connectivity index (χ0) is 25.6. The highest BCUT2D eigenvalue weighted by Gasteiger charge is 2.42. The number of benzene rings is 1. The summed E-state index contributed by atoms with van der Waals surface area (Å²) in [6.07, 6.45) is -5.27. The van der Waals surface area contributed by atoms with Crippen molar-refractivity contribution in [2.75, 3.05) is 11.9 Å². The van der Waals surface area contributed by atoms with Crippen LogP contribution in [-0.2, 0) is 14.3 Å². The lowest BCUT2D eigenvalue weighted by Gasteiger charge is -2.29. The first-order chi connectivity index (χ1) is 15.7. The molecule has 3 nitrogen and oxygen atoms in total. The summed E-state index contributed by atoms with van der Waals surface area (Å²) in [5, 5.41) is 0.845. The van der Waals surface area contributed by atoms with E-state index in [1.165, 1.54) is 12.1 Å². The molecule has 1 aromatic rings. The third kappa shape index (κ3) is 9.33. The van der Waals surface area contributed by atoms with Crippen molar-refractivity contribution in [2.24, 2.45) is 23.7 Å². The summed E-state index contributed by atoms with van der Waals surface area (Å²) in [5.74, 6) is -1.98. The van der Waals surface area contributed by atoms with Crippen LogP contribution in [0.4, 0.5) is 26.3 Å². The van der Waals surface area contributed by atoms with Gasteiger partial charge in [-0.2, -0.15) is 34.8 Å². The molecule has 0 amide bonds. The fraction of sp³-hybridized carbons (Fsp3) is 0.739. The zero-order valence-electron chi connectivity index (χ0n) is 19.0. The Hall–Kier alpha value is -0.810. The lowest BCUT2D eigenvalue weighted by molar-refractivity contribution is -0.184. The first-order valence-electron chi connectivity index (χ1n) is 11.4. The molecule has 0 aliphatic heterocycles. The highest BCUT2D eigenvalue weighted by Crippen LogP contribution is 2.40. The molecule has 1 aromatic carbocycles. The molecule has 0 aromatic heterocycles. The normalized spacial score (nSPS) is 26.5. The van der Waals surface area contributed by atoms with Crippen molar-refractivity contribution in [3.05, 3.63) is 29.8 Å². The zero-order valence-corrected chi connectivity index (χ0v) is 21.4. The molecule has 2 aliphatic rings. The Kier molecular flexibility index (Phi) is 10.8. The van der Waals surface area contributed by atoms with E-state index in [0.29, 0.717) is 31.6 Å². The standard InChI is InChI=1S/C15H19F3O3S.C8H12BrF3/c1-11-2-8-14(9-3-11)22(19,20)21-10-12-4-6-13(7-5-12)15(16,17)18;9-5-6-1-3-7(4-2-6)8(10,11)12/h2-3,8-9,12-13H,4-7,10H2,1H3;6-7H,1-5H2. The van der Waals surface area contributed by atoms with Gasteiger partial charge in [0.1, 0.15) is 0 Å². The minimum absolute atomic E-state index is 0.0438. The summed E-state index contributed by atoms with van der Waals surface area (Å²) in [6.45, 7) is 1.79. The molecule has 0 saturated heterocycles. The predicted molar refractivity (Wildman–Crippen MR) is 121 cm³/mol. The van der Waals surface area contributed by atoms with Gasteiger partial charge in [-0.05, 0) is 82.3 Å². The average Bonchev–Trinajstić information content (AvgIpc) is 2.78. The second-order valence-electron chi connectivity index (χ2n) is 9.22. The summed E-state index contributed by atoms with van der Waals surface area (Å²) < 4.78 is 103. The molecule has 0 unspecified atom stereocenters. The predicted octanol–water partition coefficient (Wildman–Crippen LogP) is 7.82. The van der Waals surface area contributed by atoms with Crippen molar-refractivity contribution in [3.8, 4) is 0 Å². The van der Waals surface area contributed by atoms with E-state index < -0.39 is 34.3 Å². The number of hydrogen-bond acceptors (Lipinski definition) is 3. The maximum Gasteiger partial charge on any atom is 0.391 e. The average molecular weight is 581 g/mol. The van der Waals surface area contributed by atoms with E-state index in [1.54, 1.807) is 12.1 Å². The minimum Gasteiger partial charge on any atom is -0.266 e. The van der Waals surface area contributed by atoms with Gasteiger partial charge in [0.05, 0.1) is 23.3 Å². The molecular weight excluding hydrogens is 550 g/mol. The van der Waals surface area contributed by atoms with Gasteiger partial charge in [0.25, 0.3) is 10.1 Å². The van der Waals surface area contributed by atoms with Gasteiger partial charge in [0, 0.05) is 5.33 Å². The highest BCUT2D eigenvalue weighted by molar-refractivity contribution is 9.09. The monoisotopic (exact) mass is 580 g/mol. The van der Waals surface area contributed by atoms with Crippen molar-refractivity contribution in [2.45, 2.75) is 75.5 Å². The van der Waals surface area contributed by atoms with Crippen LogP contribution in [0.2, 0.25) is 0 Å². The van der Waals surface area contributed by atoms with Gasteiger partial charge in [-0.1, -0.05) is 33.6 Å². The molecule has 0 heterocycles. The Morgan fingerprint density at radius 2 is 1.21 bits per heavy atom. The van der Waals surface area contributed by atoms with E-state index in [0.717, 1.165) is 23.7 Å². The largest absolute Gasteiger partial charge is 0.391 e. The van der Waals surface area contributed by atoms with E-state index in [-0.39, 0.29) is 30.3 Å². The fourth-order valence-electron chi connectivity index (χ4n) is 4.26. The van der Waals surface area contributed by atoms with Gasteiger partial charge in [-0.3, -0.25) is 4.18 Å². The van der Waals surface area contributed by atoms with Gasteiger partial charge in [0.15, 0.2) is 0 Å². The van der Waals surface area contributed by atoms with Crippen LogP contribution in [0.5, 0.6) is 0 Å². The van der Waals surface area contributed by atoms with Crippen LogP contribution in [0.15, 0.2) is 29.2 Å². The molecule has 0 radical (unpaired) electrons. The second kappa shape index (κ2) is 12.4. The maximum absolute atomic E-state index is 12.6. The first kappa shape index (κ1) is 29.4. The van der Waals surface area contributed by atoms with Crippen LogP contribution in [0, 0.1) is 30.6 Å². The third-order valence-corrected chi connectivity index (χ3v) is 8.82. The van der Waals surface area contributed by atoms with Crippen LogP contribution in [0.25, 0.3) is 0 Å². The highest BCUT2D eigenvalue weighted by atomic mass is 79.9. The number of hydrogen-bond donors (Lipinski definition) is 0. The second-order valence-corrected chi connectivity index (χ2v) is 11.5. The Morgan fingerprint density at radius 1 is 0.794 bits per heavy atom. The Morgan fingerprint density at radius 3 is 1.59 bits per heavy atom. The number of aryl methyl sites for hydroxylation is 1. The lowest BCUT2D eigenvalue weighted by atomic mass is 9.82. The first-order valence-corrected chi connectivity index (χ1v) is 13.9. The van der Waals surface area contributed by atoms with E-state index in [1.807, 2.05) is 6.92 Å². The minimum atomic E-state index is -4.15. The van der Waals surface area contributed by atoms with Crippen molar-refractivity contribution in [1.29, 1.82) is 0 Å². The molecule has 34 heavy (non-hydrogen) atoms. The molecule has 2 aliphatic carbocycles. The molecule has 0 N–H and O–H groups in total. The molecule has 0 spiro atoms. The van der Waals surface area contributed by atoms with Crippen LogP contribution >= 0.6 is 15.9 Å². The van der Waals surface area contributed by atoms with Gasteiger partial charge in [-0.25, -0.2) is 0 Å². The van der Waals surface area contributed by atoms with Crippen molar-refractivity contribution < 1.29 is 38.9 Å². The van der Waals surface area contributed by atoms with Crippen LogP contribution in [0.3, 0.4) is 0 Å². The van der Waals surface area contributed by atoms with E-state index >= 15 is 0 Å². The Labute approximate surface area is 205 Å².